The van der Waals surface area contributed by atoms with Gasteiger partial charge in [0.2, 0.25) is 0 Å². The first-order valence-corrected chi connectivity index (χ1v) is 10.3. The Morgan fingerprint density at radius 3 is 2.42 bits per heavy atom. The number of hydrogen-bond donors (Lipinski definition) is 5. The maximum atomic E-state index is 13.9. The Morgan fingerprint density at radius 1 is 1.18 bits per heavy atom. The van der Waals surface area contributed by atoms with Crippen molar-refractivity contribution in [1.82, 2.24) is 4.90 Å². The zero-order chi connectivity index (χ0) is 24.3. The lowest BCUT2D eigenvalue weighted by atomic mass is 10.0. The molecule has 0 aromatic heterocycles. The first-order valence-electron chi connectivity index (χ1n) is 10.3. The Balaban J connectivity index is 1.81. The van der Waals surface area contributed by atoms with E-state index >= 15 is 0 Å². The minimum absolute atomic E-state index is 0.0453. The molecular formula is C22H26F3N5O3. The molecule has 1 saturated heterocycles. The van der Waals surface area contributed by atoms with E-state index in [9.17, 15) is 23.1 Å². The number of phenols is 1. The highest BCUT2D eigenvalue weighted by Gasteiger charge is 2.38. The van der Waals surface area contributed by atoms with Crippen molar-refractivity contribution >= 4 is 23.2 Å². The van der Waals surface area contributed by atoms with Crippen LogP contribution in [-0.2, 0) is 6.18 Å². The highest BCUT2D eigenvalue weighted by Crippen LogP contribution is 2.42. The molecule has 0 aliphatic carbocycles. The molecule has 0 atom stereocenters. The molecule has 178 valence electrons. The lowest BCUT2D eigenvalue weighted by Crippen LogP contribution is -2.36. The molecule has 6 N–H and O–H groups in total. The van der Waals surface area contributed by atoms with Gasteiger partial charge in [0, 0.05) is 24.3 Å². The highest BCUT2D eigenvalue weighted by atomic mass is 19.4. The van der Waals surface area contributed by atoms with Gasteiger partial charge in [-0.1, -0.05) is 0 Å². The molecule has 0 saturated carbocycles. The molecule has 1 fully saturated rings. The fraction of sp³-hybridized carbons (Fsp3) is 0.364. The van der Waals surface area contributed by atoms with Crippen LogP contribution in [0.15, 0.2) is 30.3 Å². The zero-order valence-corrected chi connectivity index (χ0v) is 18.2. The van der Waals surface area contributed by atoms with Crippen LogP contribution in [0.1, 0.15) is 29.5 Å². The summed E-state index contributed by atoms with van der Waals surface area (Å²) in [5.41, 5.74) is 4.43. The number of rotatable bonds is 5. The van der Waals surface area contributed by atoms with Gasteiger partial charge in [-0.05, 0) is 62.7 Å². The third kappa shape index (κ3) is 5.86. The number of phenolic OH excluding ortho intramolecular Hbond substituents is 1. The van der Waals surface area contributed by atoms with E-state index in [1.165, 1.54) is 37.3 Å². The van der Waals surface area contributed by atoms with E-state index in [0.29, 0.717) is 12.8 Å². The number of halogens is 3. The highest BCUT2D eigenvalue weighted by molar-refractivity contribution is 6.03. The summed E-state index contributed by atoms with van der Waals surface area (Å²) in [5, 5.41) is 22.1. The van der Waals surface area contributed by atoms with Crippen LogP contribution in [0, 0.1) is 12.3 Å². The molecule has 1 aliphatic heterocycles. The summed E-state index contributed by atoms with van der Waals surface area (Å²) in [4.78, 5) is 14.5. The maximum absolute atomic E-state index is 13.9. The smallest absolute Gasteiger partial charge is 0.420 e. The molecule has 33 heavy (non-hydrogen) atoms. The number of ether oxygens (including phenoxy) is 1. The minimum atomic E-state index is -4.69. The van der Waals surface area contributed by atoms with Crippen molar-refractivity contribution in [3.63, 3.8) is 0 Å². The Hall–Kier alpha value is -3.47. The number of carbonyl (C=O) groups excluding carboxylic acids is 1. The van der Waals surface area contributed by atoms with E-state index in [1.807, 2.05) is 7.05 Å². The molecule has 8 nitrogen and oxygen atoms in total. The van der Waals surface area contributed by atoms with Gasteiger partial charge in [0.1, 0.15) is 29.0 Å². The van der Waals surface area contributed by atoms with E-state index in [-0.39, 0.29) is 45.9 Å². The Kier molecular flexibility index (Phi) is 7.01. The number of alkyl halides is 3. The van der Waals surface area contributed by atoms with Crippen LogP contribution in [0.5, 0.6) is 11.5 Å². The average molecular weight is 465 g/mol. The largest absolute Gasteiger partial charge is 0.506 e. The summed E-state index contributed by atoms with van der Waals surface area (Å²) < 4.78 is 47.4. The van der Waals surface area contributed by atoms with Crippen molar-refractivity contribution < 1.29 is 27.8 Å². The monoisotopic (exact) mass is 465 g/mol. The van der Waals surface area contributed by atoms with E-state index < -0.39 is 17.8 Å². The third-order valence-electron chi connectivity index (χ3n) is 5.47. The molecular weight excluding hydrogens is 439 g/mol. The van der Waals surface area contributed by atoms with Gasteiger partial charge in [-0.25, -0.2) is 4.79 Å². The second-order valence-corrected chi connectivity index (χ2v) is 7.95. The number of anilines is 2. The van der Waals surface area contributed by atoms with Crippen molar-refractivity contribution in [3.05, 3.63) is 47.0 Å². The molecule has 3 rings (SSSR count). The molecule has 0 unspecified atom stereocenters. The number of amidine groups is 1. The molecule has 0 spiro atoms. The van der Waals surface area contributed by atoms with Crippen molar-refractivity contribution in [1.29, 1.82) is 5.41 Å². The second-order valence-electron chi connectivity index (χ2n) is 7.95. The summed E-state index contributed by atoms with van der Waals surface area (Å²) in [5.74, 6) is -0.832. The van der Waals surface area contributed by atoms with E-state index in [1.54, 1.807) is 0 Å². The number of nitrogen functional groups attached to an aromatic ring is 1. The fourth-order valence-corrected chi connectivity index (χ4v) is 3.63. The fourth-order valence-electron chi connectivity index (χ4n) is 3.63. The quantitative estimate of drug-likeness (QED) is 0.258. The number of likely N-dealkylation sites (tertiary alicyclic amines) is 1. The average Bonchev–Trinajstić information content (AvgIpc) is 2.72. The summed E-state index contributed by atoms with van der Waals surface area (Å²) in [6.45, 7) is 2.73. The normalized spacial score (nSPS) is 15.2. The van der Waals surface area contributed by atoms with Gasteiger partial charge in [0.05, 0.1) is 5.69 Å². The van der Waals surface area contributed by atoms with Gasteiger partial charge in [0.25, 0.3) is 0 Å². The number of amides is 2. The van der Waals surface area contributed by atoms with Gasteiger partial charge in [-0.3, -0.25) is 5.41 Å². The van der Waals surface area contributed by atoms with Crippen molar-refractivity contribution in [2.75, 3.05) is 30.8 Å². The molecule has 11 heteroatoms. The summed E-state index contributed by atoms with van der Waals surface area (Å²) >= 11 is 0. The molecule has 2 aromatic rings. The second kappa shape index (κ2) is 9.57. The first-order chi connectivity index (χ1) is 15.5. The zero-order valence-electron chi connectivity index (χ0n) is 18.2. The Labute approximate surface area is 189 Å². The molecule has 0 bridgehead atoms. The molecule has 1 aliphatic rings. The van der Waals surface area contributed by atoms with Crippen LogP contribution >= 0.6 is 0 Å². The van der Waals surface area contributed by atoms with Crippen LogP contribution in [0.2, 0.25) is 0 Å². The maximum Gasteiger partial charge on any atom is 0.420 e. The number of hydrogen-bond acceptors (Lipinski definition) is 5. The third-order valence-corrected chi connectivity index (χ3v) is 5.47. The summed E-state index contributed by atoms with van der Waals surface area (Å²) in [7, 11) is 1.95. The predicted molar refractivity (Wildman–Crippen MR) is 119 cm³/mol. The van der Waals surface area contributed by atoms with E-state index in [0.717, 1.165) is 13.1 Å². The van der Waals surface area contributed by atoms with Crippen LogP contribution in [0.3, 0.4) is 0 Å². The van der Waals surface area contributed by atoms with Crippen LogP contribution < -0.4 is 21.1 Å². The van der Waals surface area contributed by atoms with Crippen molar-refractivity contribution in [2.24, 2.45) is 5.73 Å². The minimum Gasteiger partial charge on any atom is -0.506 e. The van der Waals surface area contributed by atoms with Gasteiger partial charge >= 0.3 is 12.2 Å². The molecule has 2 aromatic carbocycles. The van der Waals surface area contributed by atoms with E-state index in [2.05, 4.69) is 15.5 Å². The number of piperidine rings is 1. The number of benzene rings is 2. The van der Waals surface area contributed by atoms with Crippen LogP contribution in [-0.4, -0.2) is 48.1 Å². The first kappa shape index (κ1) is 24.2. The van der Waals surface area contributed by atoms with Crippen LogP contribution in [0.4, 0.5) is 29.3 Å². The lowest BCUT2D eigenvalue weighted by Gasteiger charge is -2.30. The van der Waals surface area contributed by atoms with Gasteiger partial charge in [-0.2, -0.15) is 13.2 Å². The Morgan fingerprint density at radius 2 is 1.82 bits per heavy atom. The SMILES string of the molecule is Cc1c(NC(=O)Nc2cc(C(=N)N)ccc2O)ccc(OC2CCN(C)CC2)c1C(F)(F)F. The number of nitrogens with two attached hydrogens (primary N) is 1. The number of urea groups is 1. The standard InChI is InChI=1S/C22H26F3N5O3/c1-12-15(28-21(32)29-16-11-13(20(26)27)3-5-17(16)31)4-6-18(19(12)22(23,24)25)33-14-7-9-30(2)10-8-14/h3-6,11,14,31H,7-10H2,1-2H3,(H3,26,27)(H2,28,29,32). The van der Waals surface area contributed by atoms with Gasteiger partial charge < -0.3 is 31.1 Å². The van der Waals surface area contributed by atoms with Gasteiger partial charge in [-0.15, -0.1) is 0 Å². The Bertz CT molecular complexity index is 1050. The van der Waals surface area contributed by atoms with Crippen molar-refractivity contribution in [3.8, 4) is 11.5 Å². The molecule has 0 radical (unpaired) electrons. The molecule has 2 amide bonds. The van der Waals surface area contributed by atoms with Gasteiger partial charge in [0.15, 0.2) is 0 Å². The number of aromatic hydroxyl groups is 1. The number of nitrogens with one attached hydrogen (secondary N) is 3. The topological polar surface area (TPSA) is 124 Å². The van der Waals surface area contributed by atoms with E-state index in [4.69, 9.17) is 15.9 Å². The number of carbonyl (C=O) groups is 1. The van der Waals surface area contributed by atoms with Crippen molar-refractivity contribution in [2.45, 2.75) is 32.0 Å². The molecule has 1 heterocycles. The summed E-state index contributed by atoms with van der Waals surface area (Å²) in [6.07, 6.45) is -3.76. The van der Waals surface area contributed by atoms with Crippen LogP contribution in [0.25, 0.3) is 0 Å². The predicted octanol–water partition coefficient (Wildman–Crippen LogP) is 4.12. The summed E-state index contributed by atoms with van der Waals surface area (Å²) in [6, 6.07) is 5.60. The lowest BCUT2D eigenvalue weighted by molar-refractivity contribution is -0.139. The number of nitrogens with zero attached hydrogens (tertiary/aromatic N) is 1.